The molecule has 2 N–H and O–H groups in total. The van der Waals surface area contributed by atoms with E-state index in [0.717, 1.165) is 0 Å². The molecule has 1 fully saturated rings. The molecule has 0 aliphatic carbocycles. The molecule has 0 aromatic heterocycles. The number of rotatable bonds is 0. The molecule has 1 aliphatic rings. The Hall–Kier alpha value is -0.200. The van der Waals surface area contributed by atoms with Crippen LogP contribution in [-0.4, -0.2) is 13.2 Å². The highest BCUT2D eigenvalue weighted by molar-refractivity contribution is 4.25. The van der Waals surface area contributed by atoms with Crippen molar-refractivity contribution in [2.75, 3.05) is 13.2 Å². The van der Waals surface area contributed by atoms with E-state index in [1.165, 1.54) is 0 Å². The first-order chi connectivity index (χ1) is 3.39. The zero-order chi connectivity index (χ0) is 5.11. The van der Waals surface area contributed by atoms with Crippen molar-refractivity contribution in [2.45, 2.75) is 0 Å². The van der Waals surface area contributed by atoms with Crippen LogP contribution in [-0.2, 0) is 9.78 Å². The third-order valence-electron chi connectivity index (χ3n) is 0.580. The molecule has 5 nitrogen and oxygen atoms in total. The summed E-state index contributed by atoms with van der Waals surface area (Å²) >= 11 is 0. The van der Waals surface area contributed by atoms with Crippen LogP contribution in [0.2, 0.25) is 0 Å². The number of nitrogens with one attached hydrogen (secondary N) is 2. The van der Waals surface area contributed by atoms with Crippen LogP contribution in [0.15, 0.2) is 0 Å². The van der Waals surface area contributed by atoms with Crippen molar-refractivity contribution in [3.63, 3.8) is 0 Å². The lowest BCUT2D eigenvalue weighted by Crippen LogP contribution is -3.08. The molecule has 1 heterocycles. The van der Waals surface area contributed by atoms with Crippen LogP contribution < -0.4 is 10.9 Å². The zero-order valence-electron chi connectivity index (χ0n) is 3.64. The molecule has 0 bridgehead atoms. The second-order valence-electron chi connectivity index (χ2n) is 1.09. The van der Waals surface area contributed by atoms with Crippen LogP contribution in [0.1, 0.15) is 0 Å². The summed E-state index contributed by atoms with van der Waals surface area (Å²) in [6, 6.07) is 0. The van der Waals surface area contributed by atoms with E-state index < -0.39 is 5.39 Å². The third-order valence-corrected chi connectivity index (χ3v) is 0.580. The van der Waals surface area contributed by atoms with Crippen LogP contribution in [0, 0.1) is 5.21 Å². The Bertz CT molecular complexity index is 52.9. The number of quaternary nitrogens is 1. The van der Waals surface area contributed by atoms with E-state index in [1.807, 2.05) is 0 Å². The lowest BCUT2D eigenvalue weighted by Gasteiger charge is -2.20. The van der Waals surface area contributed by atoms with Gasteiger partial charge in [0.05, 0.1) is 6.54 Å². The van der Waals surface area contributed by atoms with Gasteiger partial charge in [-0.05, 0) is 0 Å². The van der Waals surface area contributed by atoms with Gasteiger partial charge in [-0.1, -0.05) is 10.3 Å². The van der Waals surface area contributed by atoms with Gasteiger partial charge >= 0.3 is 0 Å². The maximum absolute atomic E-state index is 9.96. The van der Waals surface area contributed by atoms with Gasteiger partial charge in [-0.25, -0.2) is 0 Å². The van der Waals surface area contributed by atoms with Crippen LogP contribution >= 0.6 is 0 Å². The lowest BCUT2D eigenvalue weighted by atomic mass is 10.7. The molecule has 1 rings (SSSR count). The van der Waals surface area contributed by atoms with Crippen molar-refractivity contribution in [1.82, 2.24) is 5.48 Å². The molecular formula is C2H6N2O3. The number of hydrogen-bond donors (Lipinski definition) is 2. The quantitative estimate of drug-likeness (QED) is 0.342. The largest absolute Gasteiger partial charge is 0.564 e. The minimum Gasteiger partial charge on any atom is -0.564 e. The smallest absolute Gasteiger partial charge is 0.126 e. The van der Waals surface area contributed by atoms with Gasteiger partial charge in [-0.15, -0.1) is 5.48 Å². The van der Waals surface area contributed by atoms with Crippen molar-refractivity contribution >= 4 is 0 Å². The van der Waals surface area contributed by atoms with Crippen molar-refractivity contribution < 1.29 is 15.2 Å². The molecular weight excluding hydrogens is 100 g/mol. The second-order valence-corrected chi connectivity index (χ2v) is 1.09. The van der Waals surface area contributed by atoms with Gasteiger partial charge in [-0.3, -0.25) is 0 Å². The van der Waals surface area contributed by atoms with Gasteiger partial charge in [0.15, 0.2) is 0 Å². The van der Waals surface area contributed by atoms with E-state index in [4.69, 9.17) is 0 Å². The molecule has 0 amide bonds. The fourth-order valence-electron chi connectivity index (χ4n) is 0.315. The first-order valence-corrected chi connectivity index (χ1v) is 1.96. The fraction of sp³-hybridized carbons (Fsp3) is 1.00. The Labute approximate surface area is 40.2 Å². The maximum Gasteiger partial charge on any atom is 0.126 e. The van der Waals surface area contributed by atoms with Gasteiger partial charge in [0, 0.05) is 0 Å². The summed E-state index contributed by atoms with van der Waals surface area (Å²) in [5.74, 6) is 0. The normalized spacial score (nSPS) is 33.0. The van der Waals surface area contributed by atoms with Crippen LogP contribution in [0.5, 0.6) is 0 Å². The van der Waals surface area contributed by atoms with Crippen molar-refractivity contribution in [3.8, 4) is 0 Å². The van der Waals surface area contributed by atoms with E-state index in [-0.39, 0.29) is 0 Å². The van der Waals surface area contributed by atoms with E-state index in [9.17, 15) is 5.21 Å². The molecule has 7 heavy (non-hydrogen) atoms. The van der Waals surface area contributed by atoms with E-state index in [2.05, 4.69) is 15.3 Å². The standard InChI is InChI=1S/C2H6N2O3/c5-4-6-2-1-3-7-4/h3-4H,1-2H2. The molecule has 0 radical (unpaired) electrons. The molecule has 0 aromatic carbocycles. The molecule has 1 aliphatic heterocycles. The average Bonchev–Trinajstić information content (AvgIpc) is 1.69. The van der Waals surface area contributed by atoms with E-state index in [0.29, 0.717) is 13.2 Å². The zero-order valence-corrected chi connectivity index (χ0v) is 3.64. The van der Waals surface area contributed by atoms with Crippen LogP contribution in [0.25, 0.3) is 0 Å². The molecule has 1 atom stereocenters. The molecule has 0 spiro atoms. The Balaban J connectivity index is 2.12. The summed E-state index contributed by atoms with van der Waals surface area (Å²) in [6.45, 7) is 0.977. The Morgan fingerprint density at radius 3 is 2.86 bits per heavy atom. The summed E-state index contributed by atoms with van der Waals surface area (Å²) in [6.07, 6.45) is 0. The van der Waals surface area contributed by atoms with Crippen molar-refractivity contribution in [1.29, 1.82) is 0 Å². The molecule has 1 saturated heterocycles. The van der Waals surface area contributed by atoms with E-state index >= 15 is 0 Å². The SMILES string of the molecule is [O-][NH+]1OCCNO1. The van der Waals surface area contributed by atoms with Crippen LogP contribution in [0.3, 0.4) is 0 Å². The molecule has 42 valence electrons. The summed E-state index contributed by atoms with van der Waals surface area (Å²) in [5.41, 5.74) is 2.36. The summed E-state index contributed by atoms with van der Waals surface area (Å²) in [5, 5.41) is 9.31. The highest BCUT2D eigenvalue weighted by Gasteiger charge is 2.04. The predicted molar refractivity (Wildman–Crippen MR) is 19.4 cm³/mol. The Morgan fingerprint density at radius 2 is 2.57 bits per heavy atom. The number of hydrogen-bond acceptors (Lipinski definition) is 4. The predicted octanol–water partition coefficient (Wildman–Crippen LogP) is -2.25. The molecule has 5 heteroatoms. The Morgan fingerprint density at radius 1 is 1.71 bits per heavy atom. The lowest BCUT2D eigenvalue weighted by molar-refractivity contribution is -1.22. The van der Waals surface area contributed by atoms with E-state index in [1.54, 1.807) is 0 Å². The van der Waals surface area contributed by atoms with Crippen LogP contribution in [0.4, 0.5) is 0 Å². The minimum atomic E-state index is -0.647. The van der Waals surface area contributed by atoms with Crippen molar-refractivity contribution in [2.24, 2.45) is 0 Å². The monoisotopic (exact) mass is 106 g/mol. The van der Waals surface area contributed by atoms with Gasteiger partial charge < -0.3 is 5.21 Å². The summed E-state index contributed by atoms with van der Waals surface area (Å²) < 4.78 is 0. The number of hydroxylamine groups is 1. The highest BCUT2D eigenvalue weighted by Crippen LogP contribution is 1.64. The first-order valence-electron chi connectivity index (χ1n) is 1.96. The van der Waals surface area contributed by atoms with Gasteiger partial charge in [-0.2, -0.15) is 4.84 Å². The van der Waals surface area contributed by atoms with Crippen molar-refractivity contribution in [3.05, 3.63) is 5.21 Å². The molecule has 1 unspecified atom stereocenters. The van der Waals surface area contributed by atoms with Gasteiger partial charge in [0.25, 0.3) is 0 Å². The summed E-state index contributed by atoms with van der Waals surface area (Å²) in [4.78, 5) is 8.52. The minimum absolute atomic E-state index is 0.402. The highest BCUT2D eigenvalue weighted by atomic mass is 17.2. The fourth-order valence-corrected chi connectivity index (χ4v) is 0.315. The molecule has 0 aromatic rings. The maximum atomic E-state index is 9.96. The average molecular weight is 106 g/mol. The Kier molecular flexibility index (Phi) is 1.55. The second kappa shape index (κ2) is 2.20. The first kappa shape index (κ1) is 4.95. The summed E-state index contributed by atoms with van der Waals surface area (Å²) in [7, 11) is 0. The molecule has 0 saturated carbocycles. The van der Waals surface area contributed by atoms with Gasteiger partial charge in [0.2, 0.25) is 0 Å². The van der Waals surface area contributed by atoms with Gasteiger partial charge in [0.1, 0.15) is 6.61 Å². The third kappa shape index (κ3) is 1.38. The topological polar surface area (TPSA) is 58.0 Å².